The molecule has 10 nitrogen and oxygen atoms in total. The minimum atomic E-state index is -4.42. The first-order valence-electron chi connectivity index (χ1n) is 11.4. The van der Waals surface area contributed by atoms with E-state index in [9.17, 15) is 19.5 Å². The highest BCUT2D eigenvalue weighted by Gasteiger charge is 2.35. The van der Waals surface area contributed by atoms with E-state index >= 15 is 0 Å². The summed E-state index contributed by atoms with van der Waals surface area (Å²) in [4.78, 5) is 26.4. The van der Waals surface area contributed by atoms with Crippen molar-refractivity contribution < 1.29 is 28.1 Å². The first-order chi connectivity index (χ1) is 18.3. The van der Waals surface area contributed by atoms with Crippen LogP contribution < -0.4 is 14.1 Å². The lowest BCUT2D eigenvalue weighted by Gasteiger charge is -2.24. The highest BCUT2D eigenvalue weighted by molar-refractivity contribution is 7.52. The van der Waals surface area contributed by atoms with E-state index in [1.165, 1.54) is 6.92 Å². The van der Waals surface area contributed by atoms with Crippen molar-refractivity contribution >= 4 is 35.9 Å². The third-order valence-electron chi connectivity index (χ3n) is 5.39. The Morgan fingerprint density at radius 2 is 1.68 bits per heavy atom. The Labute approximate surface area is 218 Å². The van der Waals surface area contributed by atoms with Gasteiger partial charge in [-0.05, 0) is 30.0 Å². The van der Waals surface area contributed by atoms with Crippen LogP contribution in [-0.4, -0.2) is 16.9 Å². The molecule has 4 aromatic carbocycles. The Hall–Kier alpha value is -4.71. The maximum atomic E-state index is 14.1. The maximum Gasteiger partial charge on any atom is 0.512 e. The molecule has 0 spiro atoms. The number of non-ortho nitro benzene ring substituents is 1. The van der Waals surface area contributed by atoms with E-state index in [1.54, 1.807) is 36.4 Å². The Bertz CT molecular complexity index is 1560. The van der Waals surface area contributed by atoms with Gasteiger partial charge in [-0.25, -0.2) is 9.41 Å². The van der Waals surface area contributed by atoms with Crippen molar-refractivity contribution in [3.8, 4) is 11.5 Å². The van der Waals surface area contributed by atoms with Gasteiger partial charge in [0.05, 0.1) is 11.5 Å². The van der Waals surface area contributed by atoms with Crippen molar-refractivity contribution in [3.05, 3.63) is 118 Å². The number of hydrogen-bond acceptors (Lipinski definition) is 7. The van der Waals surface area contributed by atoms with Gasteiger partial charge >= 0.3 is 13.7 Å². The van der Waals surface area contributed by atoms with Gasteiger partial charge in [0.15, 0.2) is 0 Å². The first-order valence-corrected chi connectivity index (χ1v) is 12.9. The molecule has 0 heterocycles. The van der Waals surface area contributed by atoms with Crippen molar-refractivity contribution in [3.63, 3.8) is 0 Å². The molecule has 0 saturated heterocycles. The minimum absolute atomic E-state index is 0.00521. The number of nitro groups is 1. The van der Waals surface area contributed by atoms with Crippen LogP contribution in [0.25, 0.3) is 15.6 Å². The summed E-state index contributed by atoms with van der Waals surface area (Å²) in [5, 5.41) is 15.2. The van der Waals surface area contributed by atoms with Gasteiger partial charge in [-0.3, -0.25) is 14.9 Å². The summed E-state index contributed by atoms with van der Waals surface area (Å²) < 4.78 is 30.9. The molecular formula is C27H22N3O7P. The summed E-state index contributed by atoms with van der Waals surface area (Å²) in [6, 6.07) is 23.5. The topological polar surface area (TPSA) is 121 Å². The van der Waals surface area contributed by atoms with Gasteiger partial charge in [-0.2, -0.15) is 5.09 Å². The monoisotopic (exact) mass is 531 g/mol. The third-order valence-corrected chi connectivity index (χ3v) is 6.97. The van der Waals surface area contributed by atoms with Crippen LogP contribution in [0.15, 0.2) is 91.0 Å². The number of nitro benzene ring substituents is 1. The molecule has 0 bridgehead atoms. The number of esters is 1. The number of carbonyl (C=O) groups excluding carboxylic acids is 1. The van der Waals surface area contributed by atoms with Crippen molar-refractivity contribution in [2.75, 3.05) is 0 Å². The van der Waals surface area contributed by atoms with Crippen LogP contribution in [0.2, 0.25) is 0 Å². The van der Waals surface area contributed by atoms with E-state index in [0.29, 0.717) is 5.39 Å². The first kappa shape index (κ1) is 26.4. The Morgan fingerprint density at radius 3 is 2.42 bits per heavy atom. The van der Waals surface area contributed by atoms with Gasteiger partial charge in [-0.15, -0.1) is 0 Å². The molecule has 0 aliphatic carbocycles. The molecule has 4 rings (SSSR count). The fraction of sp³-hybridized carbons (Fsp3) is 0.111. The van der Waals surface area contributed by atoms with Crippen LogP contribution in [0.5, 0.6) is 11.5 Å². The van der Waals surface area contributed by atoms with Gasteiger partial charge in [0.2, 0.25) is 5.69 Å². The lowest BCUT2D eigenvalue weighted by molar-refractivity contribution is -0.384. The van der Waals surface area contributed by atoms with Crippen LogP contribution in [0, 0.1) is 16.7 Å². The summed E-state index contributed by atoms with van der Waals surface area (Å²) >= 11 is 0. The van der Waals surface area contributed by atoms with E-state index in [-0.39, 0.29) is 29.5 Å². The van der Waals surface area contributed by atoms with Crippen LogP contribution >= 0.6 is 7.75 Å². The highest BCUT2D eigenvalue weighted by atomic mass is 31.2. The van der Waals surface area contributed by atoms with Gasteiger partial charge in [-0.1, -0.05) is 66.7 Å². The molecule has 0 aliphatic rings. The van der Waals surface area contributed by atoms with Crippen LogP contribution in [0.4, 0.5) is 11.4 Å². The SMILES string of the molecule is [C-]#[N+]c1cc([N+](=O)[O-])ccc1OP(=O)(N[C@@H](C)C(=O)OCc1ccccc1)Oc1cccc2ccccc12. The number of nitrogens with zero attached hydrogens (tertiary/aromatic N) is 2. The van der Waals surface area contributed by atoms with E-state index in [2.05, 4.69) is 9.93 Å². The molecular weight excluding hydrogens is 509 g/mol. The zero-order chi connectivity index (χ0) is 27.1. The molecule has 11 heteroatoms. The number of carbonyl (C=O) groups is 1. The van der Waals surface area contributed by atoms with Crippen molar-refractivity contribution in [2.45, 2.75) is 19.6 Å². The zero-order valence-electron chi connectivity index (χ0n) is 20.1. The van der Waals surface area contributed by atoms with E-state index in [4.69, 9.17) is 20.4 Å². The molecule has 38 heavy (non-hydrogen) atoms. The zero-order valence-corrected chi connectivity index (χ0v) is 21.0. The predicted molar refractivity (Wildman–Crippen MR) is 141 cm³/mol. The summed E-state index contributed by atoms with van der Waals surface area (Å²) in [5.41, 5.74) is 0.188. The number of fused-ring (bicyclic) bond motifs is 1. The standard InChI is InChI=1S/C27H22N3O7P/c1-19(27(31)35-18-20-9-4-3-5-10-20)29-38(34,36-25-14-8-12-21-11-6-7-13-23(21)25)37-26-16-15-22(30(32)33)17-24(26)28-2/h3-17,19H,18H2,1H3,(H,29,34)/t19-,38?/m0/s1. The second-order valence-corrected chi connectivity index (χ2v) is 9.74. The second kappa shape index (κ2) is 11.6. The largest absolute Gasteiger partial charge is 0.512 e. The summed E-state index contributed by atoms with van der Waals surface area (Å²) in [7, 11) is -4.42. The smallest absolute Gasteiger partial charge is 0.460 e. The third kappa shape index (κ3) is 6.34. The molecule has 0 amide bonds. The van der Waals surface area contributed by atoms with Gasteiger partial charge in [0.25, 0.3) is 5.69 Å². The normalized spacial score (nSPS) is 13.1. The van der Waals surface area contributed by atoms with Crippen molar-refractivity contribution in [1.82, 2.24) is 5.09 Å². The molecule has 1 N–H and O–H groups in total. The van der Waals surface area contributed by atoms with Crippen LogP contribution in [0.3, 0.4) is 0 Å². The summed E-state index contributed by atoms with van der Waals surface area (Å²) in [6.45, 7) is 8.84. The minimum Gasteiger partial charge on any atom is -0.460 e. The van der Waals surface area contributed by atoms with Crippen molar-refractivity contribution in [2.24, 2.45) is 0 Å². The Balaban J connectivity index is 1.63. The van der Waals surface area contributed by atoms with Crippen LogP contribution in [-0.2, 0) is 20.7 Å². The Morgan fingerprint density at radius 1 is 1.00 bits per heavy atom. The van der Waals surface area contributed by atoms with E-state index < -0.39 is 24.7 Å². The average Bonchev–Trinajstić information content (AvgIpc) is 2.92. The van der Waals surface area contributed by atoms with Crippen LogP contribution in [0.1, 0.15) is 12.5 Å². The molecule has 1 unspecified atom stereocenters. The molecule has 0 fully saturated rings. The number of benzene rings is 4. The molecule has 192 valence electrons. The fourth-order valence-corrected chi connectivity index (χ4v) is 5.09. The number of hydrogen-bond donors (Lipinski definition) is 1. The second-order valence-electron chi connectivity index (χ2n) is 8.12. The summed E-state index contributed by atoms with van der Waals surface area (Å²) in [6.07, 6.45) is 0. The molecule has 0 saturated carbocycles. The number of nitrogens with one attached hydrogen (secondary N) is 1. The number of ether oxygens (including phenoxy) is 1. The highest BCUT2D eigenvalue weighted by Crippen LogP contribution is 2.49. The van der Waals surface area contributed by atoms with Gasteiger partial charge in [0, 0.05) is 17.5 Å². The maximum absolute atomic E-state index is 14.1. The molecule has 2 atom stereocenters. The summed E-state index contributed by atoms with van der Waals surface area (Å²) in [5.74, 6) is -0.727. The molecule has 4 aromatic rings. The fourth-order valence-electron chi connectivity index (χ4n) is 3.53. The Kier molecular flexibility index (Phi) is 8.02. The van der Waals surface area contributed by atoms with E-state index in [0.717, 1.165) is 29.1 Å². The van der Waals surface area contributed by atoms with Crippen molar-refractivity contribution in [1.29, 1.82) is 0 Å². The van der Waals surface area contributed by atoms with E-state index in [1.807, 2.05) is 36.4 Å². The lowest BCUT2D eigenvalue weighted by Crippen LogP contribution is -2.35. The van der Waals surface area contributed by atoms with Gasteiger partial charge < -0.3 is 13.8 Å². The molecule has 0 radical (unpaired) electrons. The lowest BCUT2D eigenvalue weighted by atomic mass is 10.1. The quantitative estimate of drug-likeness (QED) is 0.0800. The van der Waals surface area contributed by atoms with Gasteiger partial charge in [0.1, 0.15) is 24.1 Å². The predicted octanol–water partition coefficient (Wildman–Crippen LogP) is 6.59. The number of rotatable bonds is 10. The molecule has 0 aliphatic heterocycles. The molecule has 0 aromatic heterocycles. The average molecular weight is 531 g/mol.